The van der Waals surface area contributed by atoms with Gasteiger partial charge in [-0.2, -0.15) is 0 Å². The first-order valence-corrected chi connectivity index (χ1v) is 6.50. The first-order valence-electron chi connectivity index (χ1n) is 5.71. The molecule has 1 aromatic carbocycles. The van der Waals surface area contributed by atoms with Crippen LogP contribution in [0, 0.1) is 5.82 Å². The highest BCUT2D eigenvalue weighted by molar-refractivity contribution is 9.10. The Morgan fingerprint density at radius 1 is 1.53 bits per heavy atom. The lowest BCUT2D eigenvalue weighted by atomic mass is 10.2. The molecular weight excluding hydrogens is 317 g/mol. The normalized spacial score (nSPS) is 10.7. The van der Waals surface area contributed by atoms with Crippen LogP contribution in [0.4, 0.5) is 4.39 Å². The Kier molecular flexibility index (Phi) is 3.99. The number of benzene rings is 1. The molecule has 19 heavy (non-hydrogen) atoms. The Morgan fingerprint density at radius 2 is 2.26 bits per heavy atom. The molecule has 1 N–H and O–H groups in total. The number of aromatic carboxylic acids is 1. The fourth-order valence-corrected chi connectivity index (χ4v) is 1.92. The number of carbonyl (C=O) groups is 1. The van der Waals surface area contributed by atoms with E-state index in [0.29, 0.717) is 22.2 Å². The van der Waals surface area contributed by atoms with Crippen molar-refractivity contribution in [1.82, 2.24) is 4.98 Å². The summed E-state index contributed by atoms with van der Waals surface area (Å²) in [6, 6.07) is 4.38. The fraction of sp³-hybridized carbons (Fsp3) is 0.231. The zero-order valence-corrected chi connectivity index (χ0v) is 11.7. The number of hydrogen-bond acceptors (Lipinski definition) is 3. The van der Waals surface area contributed by atoms with Gasteiger partial charge in [-0.1, -0.05) is 13.3 Å². The predicted molar refractivity (Wildman–Crippen MR) is 70.6 cm³/mol. The van der Waals surface area contributed by atoms with Gasteiger partial charge in [-0.05, 0) is 40.5 Å². The molecule has 0 radical (unpaired) electrons. The van der Waals surface area contributed by atoms with Gasteiger partial charge in [0.1, 0.15) is 5.82 Å². The van der Waals surface area contributed by atoms with Crippen LogP contribution in [0.2, 0.25) is 0 Å². The van der Waals surface area contributed by atoms with Crippen LogP contribution in [0.5, 0.6) is 0 Å². The largest absolute Gasteiger partial charge is 0.475 e. The van der Waals surface area contributed by atoms with Gasteiger partial charge in [0.15, 0.2) is 0 Å². The molecular formula is C13H11BrFNO3. The molecule has 2 aromatic rings. The molecule has 1 aromatic heterocycles. The van der Waals surface area contributed by atoms with E-state index in [4.69, 9.17) is 9.52 Å². The quantitative estimate of drug-likeness (QED) is 0.925. The Bertz CT molecular complexity index is 624. The highest BCUT2D eigenvalue weighted by Crippen LogP contribution is 2.26. The maximum absolute atomic E-state index is 13.4. The number of halogens is 2. The average Bonchev–Trinajstić information content (AvgIpc) is 2.77. The summed E-state index contributed by atoms with van der Waals surface area (Å²) in [5.41, 5.74) is 0.791. The summed E-state index contributed by atoms with van der Waals surface area (Å²) in [6.45, 7) is 1.92. The molecule has 0 saturated carbocycles. The predicted octanol–water partition coefficient (Wildman–Crippen LogP) is 3.89. The first kappa shape index (κ1) is 13.7. The summed E-state index contributed by atoms with van der Waals surface area (Å²) in [5.74, 6) is -1.68. The lowest BCUT2D eigenvalue weighted by molar-refractivity contribution is 0.0661. The number of aromatic nitrogens is 1. The lowest BCUT2D eigenvalue weighted by Gasteiger charge is -1.97. The number of oxazole rings is 1. The van der Waals surface area contributed by atoms with Crippen molar-refractivity contribution < 1.29 is 18.7 Å². The second-order valence-corrected chi connectivity index (χ2v) is 4.83. The third kappa shape index (κ3) is 2.84. The standard InChI is InChI=1S/C13H11BrFNO3/c1-2-3-10-11(13(17)18)19-12(16-10)7-4-5-8(14)9(15)6-7/h4-6H,2-3H2,1H3,(H,17,18). The van der Waals surface area contributed by atoms with E-state index in [1.54, 1.807) is 6.07 Å². The number of rotatable bonds is 4. The van der Waals surface area contributed by atoms with Crippen LogP contribution < -0.4 is 0 Å². The number of carboxylic acid groups (broad SMARTS) is 1. The highest BCUT2D eigenvalue weighted by Gasteiger charge is 2.20. The molecule has 0 amide bonds. The van der Waals surface area contributed by atoms with Gasteiger partial charge in [0.25, 0.3) is 0 Å². The van der Waals surface area contributed by atoms with Crippen LogP contribution in [-0.4, -0.2) is 16.1 Å². The third-order valence-electron chi connectivity index (χ3n) is 2.54. The number of aryl methyl sites for hydroxylation is 1. The van der Waals surface area contributed by atoms with Crippen molar-refractivity contribution in [1.29, 1.82) is 0 Å². The van der Waals surface area contributed by atoms with Crippen LogP contribution in [0.3, 0.4) is 0 Å². The van der Waals surface area contributed by atoms with Crippen LogP contribution in [-0.2, 0) is 6.42 Å². The molecule has 0 unspecified atom stereocenters. The maximum atomic E-state index is 13.4. The first-order chi connectivity index (χ1) is 9.02. The monoisotopic (exact) mass is 327 g/mol. The summed E-state index contributed by atoms with van der Waals surface area (Å²) in [6.07, 6.45) is 1.26. The summed E-state index contributed by atoms with van der Waals surface area (Å²) in [4.78, 5) is 15.2. The zero-order chi connectivity index (χ0) is 14.0. The number of hydrogen-bond donors (Lipinski definition) is 1. The van der Waals surface area contributed by atoms with Gasteiger partial charge in [-0.15, -0.1) is 0 Å². The van der Waals surface area contributed by atoms with Crippen molar-refractivity contribution in [2.45, 2.75) is 19.8 Å². The van der Waals surface area contributed by atoms with Crippen LogP contribution in [0.25, 0.3) is 11.5 Å². The van der Waals surface area contributed by atoms with Crippen molar-refractivity contribution in [3.8, 4) is 11.5 Å². The fourth-order valence-electron chi connectivity index (χ4n) is 1.68. The van der Waals surface area contributed by atoms with E-state index >= 15 is 0 Å². The SMILES string of the molecule is CCCc1nc(-c2ccc(Br)c(F)c2)oc1C(=O)O. The van der Waals surface area contributed by atoms with Gasteiger partial charge in [-0.25, -0.2) is 14.2 Å². The van der Waals surface area contributed by atoms with E-state index < -0.39 is 11.8 Å². The van der Waals surface area contributed by atoms with Crippen molar-refractivity contribution in [3.05, 3.63) is 39.9 Å². The highest BCUT2D eigenvalue weighted by atomic mass is 79.9. The molecule has 0 bridgehead atoms. The summed E-state index contributed by atoms with van der Waals surface area (Å²) in [5, 5.41) is 9.04. The Hall–Kier alpha value is -1.69. The molecule has 0 fully saturated rings. The minimum absolute atomic E-state index is 0.118. The minimum atomic E-state index is -1.17. The van der Waals surface area contributed by atoms with Crippen molar-refractivity contribution in [2.75, 3.05) is 0 Å². The second-order valence-electron chi connectivity index (χ2n) is 3.98. The zero-order valence-electron chi connectivity index (χ0n) is 10.1. The van der Waals surface area contributed by atoms with Gasteiger partial charge in [0, 0.05) is 5.56 Å². The van der Waals surface area contributed by atoms with E-state index in [0.717, 1.165) is 6.42 Å². The molecule has 0 aliphatic rings. The van der Waals surface area contributed by atoms with E-state index in [9.17, 15) is 9.18 Å². The van der Waals surface area contributed by atoms with E-state index in [-0.39, 0.29) is 11.7 Å². The minimum Gasteiger partial charge on any atom is -0.475 e. The average molecular weight is 328 g/mol. The molecule has 0 saturated heterocycles. The molecule has 0 spiro atoms. The molecule has 100 valence electrons. The molecule has 1 heterocycles. The smallest absolute Gasteiger partial charge is 0.373 e. The van der Waals surface area contributed by atoms with Crippen molar-refractivity contribution >= 4 is 21.9 Å². The summed E-state index contributed by atoms with van der Waals surface area (Å²) < 4.78 is 19.0. The second kappa shape index (κ2) is 5.52. The van der Waals surface area contributed by atoms with Crippen LogP contribution >= 0.6 is 15.9 Å². The van der Waals surface area contributed by atoms with Gasteiger partial charge >= 0.3 is 5.97 Å². The van der Waals surface area contributed by atoms with Gasteiger partial charge in [0.05, 0.1) is 10.2 Å². The molecule has 2 rings (SSSR count). The van der Waals surface area contributed by atoms with Gasteiger partial charge in [-0.3, -0.25) is 0 Å². The maximum Gasteiger partial charge on any atom is 0.373 e. The summed E-state index contributed by atoms with van der Waals surface area (Å²) >= 11 is 3.05. The van der Waals surface area contributed by atoms with Gasteiger partial charge in [0.2, 0.25) is 11.7 Å². The summed E-state index contributed by atoms with van der Waals surface area (Å²) in [7, 11) is 0. The van der Waals surface area contributed by atoms with E-state index in [1.807, 2.05) is 6.92 Å². The Labute approximate surface area is 117 Å². The number of nitrogens with zero attached hydrogens (tertiary/aromatic N) is 1. The van der Waals surface area contributed by atoms with Gasteiger partial charge < -0.3 is 9.52 Å². The molecule has 0 aliphatic carbocycles. The Balaban J connectivity index is 2.47. The molecule has 4 nitrogen and oxygen atoms in total. The van der Waals surface area contributed by atoms with E-state index in [2.05, 4.69) is 20.9 Å². The molecule has 0 aliphatic heterocycles. The van der Waals surface area contributed by atoms with E-state index in [1.165, 1.54) is 12.1 Å². The molecule has 0 atom stereocenters. The van der Waals surface area contributed by atoms with Crippen LogP contribution in [0.15, 0.2) is 27.1 Å². The third-order valence-corrected chi connectivity index (χ3v) is 3.19. The number of carboxylic acids is 1. The molecule has 6 heteroatoms. The lowest BCUT2D eigenvalue weighted by Crippen LogP contribution is -1.99. The van der Waals surface area contributed by atoms with Crippen molar-refractivity contribution in [2.24, 2.45) is 0 Å². The van der Waals surface area contributed by atoms with Crippen molar-refractivity contribution in [3.63, 3.8) is 0 Å². The Morgan fingerprint density at radius 3 is 2.84 bits per heavy atom. The topological polar surface area (TPSA) is 63.3 Å². The van der Waals surface area contributed by atoms with Crippen LogP contribution in [0.1, 0.15) is 29.6 Å².